The first-order valence-electron chi connectivity index (χ1n) is 8.36. The number of rotatable bonds is 3. The number of nitrogens with zero attached hydrogens (tertiary/aromatic N) is 2. The predicted molar refractivity (Wildman–Crippen MR) is 99.7 cm³/mol. The van der Waals surface area contributed by atoms with Crippen molar-refractivity contribution in [1.29, 1.82) is 0 Å². The Bertz CT molecular complexity index is 940. The van der Waals surface area contributed by atoms with Crippen LogP contribution in [0.3, 0.4) is 0 Å². The summed E-state index contributed by atoms with van der Waals surface area (Å²) < 4.78 is 38.0. The van der Waals surface area contributed by atoms with Gasteiger partial charge in [0.2, 0.25) is 16.8 Å². The number of benzene rings is 2. The van der Waals surface area contributed by atoms with E-state index in [2.05, 4.69) is 4.90 Å². The lowest BCUT2D eigenvalue weighted by Gasteiger charge is -2.35. The van der Waals surface area contributed by atoms with Crippen molar-refractivity contribution in [3.8, 4) is 11.5 Å². The molecule has 2 aromatic carbocycles. The van der Waals surface area contributed by atoms with Crippen LogP contribution in [-0.2, 0) is 10.0 Å². The van der Waals surface area contributed by atoms with Crippen molar-refractivity contribution >= 4 is 27.3 Å². The molecule has 138 valence electrons. The van der Waals surface area contributed by atoms with Crippen LogP contribution in [0.15, 0.2) is 41.3 Å². The maximum absolute atomic E-state index is 12.9. The maximum atomic E-state index is 12.9. The molecule has 0 amide bonds. The summed E-state index contributed by atoms with van der Waals surface area (Å²) in [5.74, 6) is 1.47. The highest BCUT2D eigenvalue weighted by Gasteiger charge is 2.29. The third-order valence-electron chi connectivity index (χ3n) is 4.73. The van der Waals surface area contributed by atoms with Crippen molar-refractivity contribution in [1.82, 2.24) is 4.31 Å². The van der Waals surface area contributed by atoms with Crippen LogP contribution in [0.25, 0.3) is 0 Å². The molecule has 2 aromatic rings. The summed E-state index contributed by atoms with van der Waals surface area (Å²) in [6.07, 6.45) is 0. The first-order chi connectivity index (χ1) is 12.4. The van der Waals surface area contributed by atoms with E-state index >= 15 is 0 Å². The number of sulfonamides is 1. The molecule has 0 aliphatic carbocycles. The van der Waals surface area contributed by atoms with Crippen LogP contribution in [0.2, 0.25) is 5.02 Å². The molecule has 1 saturated heterocycles. The molecule has 2 heterocycles. The van der Waals surface area contributed by atoms with Gasteiger partial charge in [0.1, 0.15) is 0 Å². The number of aryl methyl sites for hydroxylation is 1. The van der Waals surface area contributed by atoms with Gasteiger partial charge in [-0.25, -0.2) is 8.42 Å². The number of hydrogen-bond donors (Lipinski definition) is 0. The molecule has 2 aliphatic rings. The summed E-state index contributed by atoms with van der Waals surface area (Å²) in [4.78, 5) is 2.44. The zero-order valence-corrected chi connectivity index (χ0v) is 15.9. The van der Waals surface area contributed by atoms with Crippen molar-refractivity contribution in [2.24, 2.45) is 0 Å². The fourth-order valence-corrected chi connectivity index (χ4v) is 4.82. The van der Waals surface area contributed by atoms with E-state index in [0.29, 0.717) is 31.2 Å². The molecule has 0 saturated carbocycles. The van der Waals surface area contributed by atoms with Crippen LogP contribution in [0, 0.1) is 6.92 Å². The second-order valence-corrected chi connectivity index (χ2v) is 8.68. The molecule has 6 nitrogen and oxygen atoms in total. The molecular formula is C18H19ClN2O4S. The minimum atomic E-state index is -3.51. The minimum Gasteiger partial charge on any atom is -0.454 e. The maximum Gasteiger partial charge on any atom is 0.243 e. The predicted octanol–water partition coefficient (Wildman–Crippen LogP) is 2.89. The van der Waals surface area contributed by atoms with Gasteiger partial charge < -0.3 is 14.4 Å². The van der Waals surface area contributed by atoms with E-state index in [1.54, 1.807) is 25.1 Å². The molecule has 0 atom stereocenters. The molecule has 8 heteroatoms. The average Bonchev–Trinajstić information content (AvgIpc) is 3.11. The highest BCUT2D eigenvalue weighted by molar-refractivity contribution is 7.89. The molecule has 4 rings (SSSR count). The van der Waals surface area contributed by atoms with Gasteiger partial charge in [0.25, 0.3) is 0 Å². The molecule has 0 bridgehead atoms. The Labute approximate surface area is 157 Å². The monoisotopic (exact) mass is 394 g/mol. The molecule has 26 heavy (non-hydrogen) atoms. The van der Waals surface area contributed by atoms with Crippen molar-refractivity contribution in [3.05, 3.63) is 47.0 Å². The van der Waals surface area contributed by atoms with Gasteiger partial charge >= 0.3 is 0 Å². The summed E-state index contributed by atoms with van der Waals surface area (Å²) >= 11 is 6.01. The zero-order chi connectivity index (χ0) is 18.3. The number of hydrogen-bond acceptors (Lipinski definition) is 5. The van der Waals surface area contributed by atoms with Gasteiger partial charge in [0.15, 0.2) is 11.5 Å². The first kappa shape index (κ1) is 17.5. The molecule has 0 spiro atoms. The standard InChI is InChI=1S/C18H19ClN2O4S/c1-13-10-15(3-4-16(13)19)26(22,23)21-8-6-20(7-9-21)14-2-5-17-18(11-14)25-12-24-17/h2-5,10-11H,6-9,12H2,1H3. The van der Waals surface area contributed by atoms with E-state index in [1.807, 2.05) is 18.2 Å². The van der Waals surface area contributed by atoms with Crippen molar-refractivity contribution in [3.63, 3.8) is 0 Å². The van der Waals surface area contributed by atoms with Gasteiger partial charge in [-0.15, -0.1) is 0 Å². The van der Waals surface area contributed by atoms with Crippen LogP contribution >= 0.6 is 11.6 Å². The van der Waals surface area contributed by atoms with Gasteiger partial charge in [-0.1, -0.05) is 11.6 Å². The highest BCUT2D eigenvalue weighted by atomic mass is 35.5. The molecule has 0 radical (unpaired) electrons. The smallest absolute Gasteiger partial charge is 0.243 e. The lowest BCUT2D eigenvalue weighted by molar-refractivity contribution is 0.174. The summed E-state index contributed by atoms with van der Waals surface area (Å²) in [6.45, 7) is 4.14. The van der Waals surface area contributed by atoms with E-state index in [-0.39, 0.29) is 11.7 Å². The summed E-state index contributed by atoms with van der Waals surface area (Å²) in [7, 11) is -3.51. The first-order valence-corrected chi connectivity index (χ1v) is 10.2. The summed E-state index contributed by atoms with van der Waals surface area (Å²) in [5.41, 5.74) is 1.76. The third kappa shape index (κ3) is 3.11. The normalized spacial score (nSPS) is 17.5. The van der Waals surface area contributed by atoms with Crippen LogP contribution in [0.4, 0.5) is 5.69 Å². The third-order valence-corrected chi connectivity index (χ3v) is 7.05. The van der Waals surface area contributed by atoms with Crippen LogP contribution < -0.4 is 14.4 Å². The number of halogens is 1. The molecule has 0 unspecified atom stereocenters. The van der Waals surface area contributed by atoms with Crippen molar-refractivity contribution in [2.45, 2.75) is 11.8 Å². The van der Waals surface area contributed by atoms with Gasteiger partial charge in [-0.3, -0.25) is 0 Å². The second kappa shape index (κ2) is 6.64. The number of ether oxygens (including phenoxy) is 2. The summed E-state index contributed by atoms with van der Waals surface area (Å²) in [5, 5.41) is 0.566. The Balaban J connectivity index is 1.48. The Morgan fingerprint density at radius 2 is 1.69 bits per heavy atom. The quantitative estimate of drug-likeness (QED) is 0.801. The van der Waals surface area contributed by atoms with Gasteiger partial charge in [-0.2, -0.15) is 4.31 Å². The lowest BCUT2D eigenvalue weighted by atomic mass is 10.2. The van der Waals surface area contributed by atoms with E-state index in [1.165, 1.54) is 4.31 Å². The second-order valence-electron chi connectivity index (χ2n) is 6.34. The Morgan fingerprint density at radius 3 is 2.42 bits per heavy atom. The molecule has 0 N–H and O–H groups in total. The number of piperazine rings is 1. The number of anilines is 1. The van der Waals surface area contributed by atoms with E-state index in [4.69, 9.17) is 21.1 Å². The highest BCUT2D eigenvalue weighted by Crippen LogP contribution is 2.36. The van der Waals surface area contributed by atoms with Crippen LogP contribution in [-0.4, -0.2) is 45.7 Å². The Hall–Kier alpha value is -1.96. The molecule has 2 aliphatic heterocycles. The molecule has 0 aromatic heterocycles. The SMILES string of the molecule is Cc1cc(S(=O)(=O)N2CCN(c3ccc4c(c3)OCO4)CC2)ccc1Cl. The minimum absolute atomic E-state index is 0.241. The zero-order valence-electron chi connectivity index (χ0n) is 14.3. The Kier molecular flexibility index (Phi) is 4.46. The fourth-order valence-electron chi connectivity index (χ4n) is 3.20. The largest absolute Gasteiger partial charge is 0.454 e. The molecular weight excluding hydrogens is 376 g/mol. The Morgan fingerprint density at radius 1 is 0.962 bits per heavy atom. The van der Waals surface area contributed by atoms with Gasteiger partial charge in [0, 0.05) is 43.0 Å². The van der Waals surface area contributed by atoms with E-state index in [9.17, 15) is 8.42 Å². The van der Waals surface area contributed by atoms with E-state index < -0.39 is 10.0 Å². The van der Waals surface area contributed by atoms with Crippen LogP contribution in [0.1, 0.15) is 5.56 Å². The van der Waals surface area contributed by atoms with Crippen LogP contribution in [0.5, 0.6) is 11.5 Å². The van der Waals surface area contributed by atoms with Crippen molar-refractivity contribution in [2.75, 3.05) is 37.9 Å². The van der Waals surface area contributed by atoms with Gasteiger partial charge in [0.05, 0.1) is 4.90 Å². The van der Waals surface area contributed by atoms with Crippen molar-refractivity contribution < 1.29 is 17.9 Å². The van der Waals surface area contributed by atoms with E-state index in [0.717, 1.165) is 22.7 Å². The average molecular weight is 395 g/mol. The topological polar surface area (TPSA) is 59.1 Å². The molecule has 1 fully saturated rings. The lowest BCUT2D eigenvalue weighted by Crippen LogP contribution is -2.48. The fraction of sp³-hybridized carbons (Fsp3) is 0.333. The number of fused-ring (bicyclic) bond motifs is 1. The summed E-state index contributed by atoms with van der Waals surface area (Å²) in [6, 6.07) is 10.6. The van der Waals surface area contributed by atoms with Gasteiger partial charge in [-0.05, 0) is 42.8 Å².